The van der Waals surface area contributed by atoms with Crippen molar-refractivity contribution in [2.75, 3.05) is 0 Å². The first-order chi connectivity index (χ1) is 56.6. The molecular weight excluding hydrogens is 1380 g/mol. The van der Waals surface area contributed by atoms with E-state index in [-0.39, 0.29) is 0 Å². The second-order valence-corrected chi connectivity index (χ2v) is 29.4. The van der Waals surface area contributed by atoms with E-state index in [1.807, 2.05) is 18.2 Å². The van der Waals surface area contributed by atoms with E-state index in [0.29, 0.717) is 17.5 Å². The molecule has 4 aromatic heterocycles. The van der Waals surface area contributed by atoms with Crippen molar-refractivity contribution in [2.24, 2.45) is 0 Å². The molecule has 0 aliphatic carbocycles. The Hall–Kier alpha value is -15.2. The summed E-state index contributed by atoms with van der Waals surface area (Å²) in [7, 11) is 0. The lowest BCUT2D eigenvalue weighted by Gasteiger charge is -2.16. The van der Waals surface area contributed by atoms with E-state index in [9.17, 15) is 0 Å². The monoisotopic (exact) mass is 1450 g/mol. The Bertz CT molecular complexity index is 7670. The fourth-order valence-corrected chi connectivity index (χ4v) is 17.8. The third-order valence-corrected chi connectivity index (χ3v) is 23.0. The first kappa shape index (κ1) is 65.8. The van der Waals surface area contributed by atoms with Crippen molar-refractivity contribution in [2.45, 2.75) is 0 Å². The highest BCUT2D eigenvalue weighted by atomic mass is 15.0. The molecular formula is C108H68N6. The Labute approximate surface area is 657 Å². The number of hydrogen-bond donors (Lipinski definition) is 0. The Balaban J connectivity index is 0.000000139. The highest BCUT2D eigenvalue weighted by Gasteiger charge is 2.25. The molecule has 0 unspecified atom stereocenters. The number of benzene rings is 19. The average molecular weight is 1450 g/mol. The van der Waals surface area contributed by atoms with Gasteiger partial charge in [-0.05, 0) is 148 Å². The number of nitrogens with zero attached hydrogens (tertiary/aromatic N) is 6. The molecule has 0 radical (unpaired) electrons. The second-order valence-electron chi connectivity index (χ2n) is 29.4. The molecule has 114 heavy (non-hydrogen) atoms. The number of fused-ring (bicyclic) bond motifs is 21. The van der Waals surface area contributed by atoms with Gasteiger partial charge in [0.2, 0.25) is 0 Å². The van der Waals surface area contributed by atoms with E-state index >= 15 is 0 Å². The van der Waals surface area contributed by atoms with Crippen LogP contribution >= 0.6 is 0 Å². The summed E-state index contributed by atoms with van der Waals surface area (Å²) in [5.74, 6) is 1.94. The highest BCUT2D eigenvalue weighted by molar-refractivity contribution is 6.39. The van der Waals surface area contributed by atoms with Gasteiger partial charge in [0.25, 0.3) is 0 Å². The van der Waals surface area contributed by atoms with Gasteiger partial charge in [-0.2, -0.15) is 0 Å². The maximum atomic E-state index is 5.20. The van der Waals surface area contributed by atoms with Crippen molar-refractivity contribution in [1.29, 1.82) is 0 Å². The molecule has 19 aromatic carbocycles. The second kappa shape index (κ2) is 27.4. The lowest BCUT2D eigenvalue weighted by Crippen LogP contribution is -2.00. The average Bonchev–Trinajstić information content (AvgIpc) is 1.51. The molecule has 0 saturated heterocycles. The van der Waals surface area contributed by atoms with Crippen LogP contribution in [0.2, 0.25) is 0 Å². The van der Waals surface area contributed by atoms with Crippen molar-refractivity contribution in [3.63, 3.8) is 0 Å². The van der Waals surface area contributed by atoms with Gasteiger partial charge in [-0.3, -0.25) is 0 Å². The number of aromatic nitrogens is 6. The predicted molar refractivity (Wildman–Crippen MR) is 479 cm³/mol. The van der Waals surface area contributed by atoms with Gasteiger partial charge in [-0.15, -0.1) is 0 Å². The van der Waals surface area contributed by atoms with Crippen LogP contribution in [-0.2, 0) is 0 Å². The summed E-state index contributed by atoms with van der Waals surface area (Å²) in [6.07, 6.45) is 0. The fraction of sp³-hybridized carbons (Fsp3) is 0. The highest BCUT2D eigenvalue weighted by Crippen LogP contribution is 2.50. The minimum Gasteiger partial charge on any atom is -0.309 e. The zero-order chi connectivity index (χ0) is 75.2. The molecule has 0 fully saturated rings. The van der Waals surface area contributed by atoms with E-state index < -0.39 is 0 Å². The maximum absolute atomic E-state index is 5.20. The van der Waals surface area contributed by atoms with Gasteiger partial charge in [0.1, 0.15) is 0 Å². The molecule has 0 atom stereocenters. The van der Waals surface area contributed by atoms with E-state index in [4.69, 9.17) is 19.9 Å². The van der Waals surface area contributed by atoms with Gasteiger partial charge in [0.15, 0.2) is 17.5 Å². The van der Waals surface area contributed by atoms with E-state index in [0.717, 1.165) is 66.8 Å². The van der Waals surface area contributed by atoms with Crippen molar-refractivity contribution >= 4 is 119 Å². The zero-order valence-corrected chi connectivity index (χ0v) is 61.9. The molecule has 6 heteroatoms. The van der Waals surface area contributed by atoms with Crippen molar-refractivity contribution in [3.8, 4) is 101 Å². The molecule has 0 aliphatic rings. The number of para-hydroxylation sites is 4. The first-order valence-corrected chi connectivity index (χ1v) is 38.9. The van der Waals surface area contributed by atoms with Crippen LogP contribution in [0.4, 0.5) is 0 Å². The zero-order valence-electron chi connectivity index (χ0n) is 61.9. The molecule has 0 amide bonds. The summed E-state index contributed by atoms with van der Waals surface area (Å²) in [5, 5.41) is 22.4. The number of rotatable bonds is 10. The minimum atomic E-state index is 0.639. The number of hydrogen-bond acceptors (Lipinski definition) is 4. The Morgan fingerprint density at radius 3 is 0.982 bits per heavy atom. The van der Waals surface area contributed by atoms with Crippen LogP contribution in [0.1, 0.15) is 0 Å². The van der Waals surface area contributed by atoms with Gasteiger partial charge in [0.05, 0.1) is 33.5 Å². The fourth-order valence-electron chi connectivity index (χ4n) is 17.8. The largest absolute Gasteiger partial charge is 0.309 e. The lowest BCUT2D eigenvalue weighted by atomic mass is 9.88. The van der Waals surface area contributed by atoms with Crippen molar-refractivity contribution in [1.82, 2.24) is 29.1 Å². The summed E-state index contributed by atoms with van der Waals surface area (Å²) in [6, 6.07) is 148. The molecule has 6 nitrogen and oxygen atoms in total. The van der Waals surface area contributed by atoms with Gasteiger partial charge in [-0.25, -0.2) is 19.9 Å². The molecule has 0 N–H and O–H groups in total. The molecule has 530 valence electrons. The van der Waals surface area contributed by atoms with Crippen LogP contribution in [0.15, 0.2) is 413 Å². The summed E-state index contributed by atoms with van der Waals surface area (Å²) in [4.78, 5) is 20.4. The summed E-state index contributed by atoms with van der Waals surface area (Å²) >= 11 is 0. The third kappa shape index (κ3) is 11.0. The standard InChI is InChI=1S/C55H34N4.C53H34N2/c1-3-17-37(18-4-1)53-56-54(58-55(57-53)45-28-15-19-35-16-7-8-22-40(35)45)38-32-30-36(31-33-38)47-34-48-42-24-10-12-26-44(42)52-51(50(48)43-25-11-9-23-41(43)47)46-27-13-14-29-49(46)59(52)39-20-5-2-6-21-39;1-4-16-35(17-5-1)39-32-48(37-18-6-2-7-19-37)54-49(33-39)38-30-28-36(29-31-38)46-34-47-42-23-11-13-25-44(42)53-52(51(47)43-24-12-10-22-41(43)46)45-26-14-15-27-50(45)55(53)40-20-8-3-9-21-40/h1-34H;1-34H. The van der Waals surface area contributed by atoms with Crippen LogP contribution in [0.5, 0.6) is 0 Å². The molecule has 4 heterocycles. The normalized spacial score (nSPS) is 11.7. The molecule has 0 aliphatic heterocycles. The Morgan fingerprint density at radius 1 is 0.167 bits per heavy atom. The van der Waals surface area contributed by atoms with Gasteiger partial charge in [-0.1, -0.05) is 352 Å². The molecule has 0 saturated carbocycles. The van der Waals surface area contributed by atoms with Gasteiger partial charge >= 0.3 is 0 Å². The first-order valence-electron chi connectivity index (χ1n) is 38.9. The summed E-state index contributed by atoms with van der Waals surface area (Å²) in [5.41, 5.74) is 21.3. The smallest absolute Gasteiger partial charge is 0.164 e. The van der Waals surface area contributed by atoms with E-state index in [2.05, 4.69) is 403 Å². The quantitative estimate of drug-likeness (QED) is 0.128. The Kier molecular flexibility index (Phi) is 15.8. The summed E-state index contributed by atoms with van der Waals surface area (Å²) in [6.45, 7) is 0. The van der Waals surface area contributed by atoms with Crippen molar-refractivity contribution in [3.05, 3.63) is 413 Å². The lowest BCUT2D eigenvalue weighted by molar-refractivity contribution is 1.08. The molecule has 23 aromatic rings. The molecule has 0 spiro atoms. The SMILES string of the molecule is c1ccc(-c2cc(-c3ccccc3)nc(-c3ccc(-c4cc5c6ccccc6c6c(c7ccccc7n6-c6ccccc6)c5c5ccccc45)cc3)c2)cc1.c1ccc(-c2nc(-c3ccc(-c4cc5c6ccccc6c6c(c7ccccc7n6-c6ccccc6)c5c5ccccc45)cc3)nc(-c3cccc4ccccc34)n2)cc1. The van der Waals surface area contributed by atoms with Crippen LogP contribution < -0.4 is 0 Å². The van der Waals surface area contributed by atoms with Gasteiger partial charge in [0, 0.05) is 82.3 Å². The molecule has 0 bridgehead atoms. The van der Waals surface area contributed by atoms with Crippen molar-refractivity contribution < 1.29 is 0 Å². The van der Waals surface area contributed by atoms with E-state index in [1.165, 1.54) is 136 Å². The van der Waals surface area contributed by atoms with Crippen LogP contribution in [-0.4, -0.2) is 29.1 Å². The van der Waals surface area contributed by atoms with Crippen LogP contribution in [0.3, 0.4) is 0 Å². The maximum Gasteiger partial charge on any atom is 0.164 e. The third-order valence-electron chi connectivity index (χ3n) is 23.0. The topological polar surface area (TPSA) is 61.4 Å². The van der Waals surface area contributed by atoms with Gasteiger partial charge < -0.3 is 9.13 Å². The van der Waals surface area contributed by atoms with Crippen LogP contribution in [0, 0.1) is 0 Å². The Morgan fingerprint density at radius 2 is 0.500 bits per heavy atom. The van der Waals surface area contributed by atoms with Crippen LogP contribution in [0.25, 0.3) is 220 Å². The summed E-state index contributed by atoms with van der Waals surface area (Å²) < 4.78 is 4.90. The predicted octanol–water partition coefficient (Wildman–Crippen LogP) is 28.6. The molecule has 23 rings (SSSR count). The minimum absolute atomic E-state index is 0.639. The van der Waals surface area contributed by atoms with E-state index in [1.54, 1.807) is 0 Å². The number of pyridine rings is 1.